The number of hydrogen-bond donors (Lipinski definition) is 2. The molecule has 4 nitrogen and oxygen atoms in total. The third-order valence-corrected chi connectivity index (χ3v) is 2.10. The highest BCUT2D eigenvalue weighted by atomic mass is 15.3. The lowest BCUT2D eigenvalue weighted by atomic mass is 10.3. The zero-order valence-electron chi connectivity index (χ0n) is 7.30. The molecule has 0 aromatic rings. The van der Waals surface area contributed by atoms with Gasteiger partial charge >= 0.3 is 0 Å². The van der Waals surface area contributed by atoms with Crippen LogP contribution >= 0.6 is 0 Å². The molecule has 0 aromatic carbocycles. The monoisotopic (exact) mass is 166 g/mol. The Labute approximate surface area is 72.3 Å². The zero-order chi connectivity index (χ0) is 8.39. The van der Waals surface area contributed by atoms with Crippen molar-refractivity contribution >= 4 is 6.21 Å². The molecule has 0 bridgehead atoms. The minimum Gasteiger partial charge on any atom is -0.353 e. The molecular weight excluding hydrogens is 152 g/mol. The van der Waals surface area contributed by atoms with Crippen LogP contribution < -0.4 is 10.6 Å². The van der Waals surface area contributed by atoms with E-state index in [1.165, 1.54) is 12.1 Å². The first-order chi connectivity index (χ1) is 5.92. The Morgan fingerprint density at radius 2 is 2.50 bits per heavy atom. The molecule has 2 aliphatic rings. The largest absolute Gasteiger partial charge is 0.353 e. The van der Waals surface area contributed by atoms with Crippen LogP contribution in [0.5, 0.6) is 0 Å². The predicted molar refractivity (Wildman–Crippen MR) is 48.5 cm³/mol. The third-order valence-electron chi connectivity index (χ3n) is 2.10. The second kappa shape index (κ2) is 3.05. The Hall–Kier alpha value is -1.19. The molecule has 0 fully saturated rings. The molecule has 0 aliphatic carbocycles. The van der Waals surface area contributed by atoms with E-state index >= 15 is 0 Å². The average Bonchev–Trinajstić information content (AvgIpc) is 2.50. The van der Waals surface area contributed by atoms with Crippen LogP contribution in [0.2, 0.25) is 0 Å². The molecule has 2 heterocycles. The number of nitrogens with one attached hydrogen (secondary N) is 2. The number of hydrogen-bond acceptors (Lipinski definition) is 4. The van der Waals surface area contributed by atoms with Crippen LogP contribution in [0.1, 0.15) is 13.3 Å². The Kier molecular flexibility index (Phi) is 1.89. The van der Waals surface area contributed by atoms with Crippen molar-refractivity contribution in [2.75, 3.05) is 19.9 Å². The lowest BCUT2D eigenvalue weighted by Gasteiger charge is -2.18. The van der Waals surface area contributed by atoms with Gasteiger partial charge in [-0.05, 0) is 6.42 Å². The molecule has 0 spiro atoms. The molecule has 0 atom stereocenters. The van der Waals surface area contributed by atoms with Crippen molar-refractivity contribution < 1.29 is 0 Å². The first-order valence-electron chi connectivity index (χ1n) is 4.38. The summed E-state index contributed by atoms with van der Waals surface area (Å²) >= 11 is 0. The van der Waals surface area contributed by atoms with Crippen molar-refractivity contribution in [1.29, 1.82) is 0 Å². The van der Waals surface area contributed by atoms with Crippen LogP contribution in [0, 0.1) is 0 Å². The SMILES string of the molecule is CCCN1CNC2=C1C=NCN2. The summed E-state index contributed by atoms with van der Waals surface area (Å²) in [6.45, 7) is 4.90. The summed E-state index contributed by atoms with van der Waals surface area (Å²) in [4.78, 5) is 6.47. The Morgan fingerprint density at radius 1 is 1.58 bits per heavy atom. The molecular formula is C8H14N4. The minimum absolute atomic E-state index is 0.700. The first kappa shape index (κ1) is 7.46. The highest BCUT2D eigenvalue weighted by Gasteiger charge is 2.20. The third kappa shape index (κ3) is 1.13. The molecule has 4 heteroatoms. The van der Waals surface area contributed by atoms with Gasteiger partial charge in [-0.1, -0.05) is 6.92 Å². The lowest BCUT2D eigenvalue weighted by molar-refractivity contribution is 0.379. The first-order valence-corrected chi connectivity index (χ1v) is 4.38. The van der Waals surface area contributed by atoms with Crippen LogP contribution in [0.15, 0.2) is 16.5 Å². The van der Waals surface area contributed by atoms with E-state index in [1.807, 2.05) is 6.21 Å². The molecule has 2 aliphatic heterocycles. The van der Waals surface area contributed by atoms with E-state index in [0.29, 0.717) is 6.67 Å². The molecule has 0 saturated carbocycles. The normalized spacial score (nSPS) is 20.6. The van der Waals surface area contributed by atoms with Crippen molar-refractivity contribution in [1.82, 2.24) is 15.5 Å². The van der Waals surface area contributed by atoms with Crippen molar-refractivity contribution in [3.63, 3.8) is 0 Å². The molecule has 0 unspecified atom stereocenters. The second-order valence-electron chi connectivity index (χ2n) is 3.01. The maximum Gasteiger partial charge on any atom is 0.127 e. The van der Waals surface area contributed by atoms with Gasteiger partial charge in [0.2, 0.25) is 0 Å². The fourth-order valence-electron chi connectivity index (χ4n) is 1.53. The Morgan fingerprint density at radius 3 is 3.33 bits per heavy atom. The lowest BCUT2D eigenvalue weighted by Crippen LogP contribution is -2.25. The number of rotatable bonds is 2. The highest BCUT2D eigenvalue weighted by molar-refractivity contribution is 5.80. The molecule has 0 amide bonds. The summed E-state index contributed by atoms with van der Waals surface area (Å²) in [6.07, 6.45) is 3.12. The van der Waals surface area contributed by atoms with E-state index < -0.39 is 0 Å². The topological polar surface area (TPSA) is 39.7 Å². The summed E-state index contributed by atoms with van der Waals surface area (Å²) in [5, 5.41) is 6.49. The fourth-order valence-corrected chi connectivity index (χ4v) is 1.53. The van der Waals surface area contributed by atoms with Crippen molar-refractivity contribution in [2.45, 2.75) is 13.3 Å². The minimum atomic E-state index is 0.700. The van der Waals surface area contributed by atoms with E-state index in [1.54, 1.807) is 0 Å². The van der Waals surface area contributed by atoms with Crippen LogP contribution in [0.25, 0.3) is 0 Å². The maximum atomic E-state index is 4.18. The molecule has 2 rings (SSSR count). The second-order valence-corrected chi connectivity index (χ2v) is 3.01. The summed E-state index contributed by atoms with van der Waals surface area (Å²) < 4.78 is 0. The van der Waals surface area contributed by atoms with E-state index in [-0.39, 0.29) is 0 Å². The Bertz CT molecular complexity index is 231. The quantitative estimate of drug-likeness (QED) is 0.609. The van der Waals surface area contributed by atoms with Crippen LogP contribution in [0.4, 0.5) is 0 Å². The van der Waals surface area contributed by atoms with Gasteiger partial charge in [-0.3, -0.25) is 4.99 Å². The van der Waals surface area contributed by atoms with Crippen LogP contribution in [-0.4, -0.2) is 31.0 Å². The standard InChI is InChI=1S/C8H14N4/c1-2-3-12-6-11-8-7(12)4-9-5-10-8/h4,10-11H,2-3,5-6H2,1H3. The van der Waals surface area contributed by atoms with Gasteiger partial charge in [-0.15, -0.1) is 0 Å². The predicted octanol–water partition coefficient (Wildman–Crippen LogP) is 0.0597. The molecule has 0 radical (unpaired) electrons. The number of nitrogens with zero attached hydrogens (tertiary/aromatic N) is 2. The van der Waals surface area contributed by atoms with E-state index in [9.17, 15) is 0 Å². The van der Waals surface area contributed by atoms with Gasteiger partial charge in [-0.25, -0.2) is 0 Å². The van der Waals surface area contributed by atoms with Gasteiger partial charge < -0.3 is 15.5 Å². The number of aliphatic imine (C=N–C) groups is 1. The van der Waals surface area contributed by atoms with Gasteiger partial charge in [-0.2, -0.15) is 0 Å². The van der Waals surface area contributed by atoms with Gasteiger partial charge in [0.1, 0.15) is 12.5 Å². The smallest absolute Gasteiger partial charge is 0.127 e. The van der Waals surface area contributed by atoms with Crippen molar-refractivity contribution in [3.05, 3.63) is 11.5 Å². The van der Waals surface area contributed by atoms with Gasteiger partial charge in [0.15, 0.2) is 0 Å². The molecule has 0 saturated heterocycles. The molecule has 2 N–H and O–H groups in total. The van der Waals surface area contributed by atoms with E-state index in [0.717, 1.165) is 19.0 Å². The summed E-state index contributed by atoms with van der Waals surface area (Å²) in [7, 11) is 0. The summed E-state index contributed by atoms with van der Waals surface area (Å²) in [5.74, 6) is 1.14. The Balaban J connectivity index is 2.11. The van der Waals surface area contributed by atoms with Crippen molar-refractivity contribution in [2.24, 2.45) is 4.99 Å². The van der Waals surface area contributed by atoms with Crippen LogP contribution in [-0.2, 0) is 0 Å². The summed E-state index contributed by atoms with van der Waals surface area (Å²) in [6, 6.07) is 0. The van der Waals surface area contributed by atoms with Crippen LogP contribution in [0.3, 0.4) is 0 Å². The van der Waals surface area contributed by atoms with E-state index in [4.69, 9.17) is 0 Å². The summed E-state index contributed by atoms with van der Waals surface area (Å²) in [5.41, 5.74) is 1.21. The zero-order valence-corrected chi connectivity index (χ0v) is 7.30. The average molecular weight is 166 g/mol. The maximum absolute atomic E-state index is 4.18. The molecule has 66 valence electrons. The molecule has 12 heavy (non-hydrogen) atoms. The van der Waals surface area contributed by atoms with Gasteiger partial charge in [0.05, 0.1) is 18.6 Å². The van der Waals surface area contributed by atoms with Crippen molar-refractivity contribution in [3.8, 4) is 0 Å². The van der Waals surface area contributed by atoms with Gasteiger partial charge in [0.25, 0.3) is 0 Å². The fraction of sp³-hybridized carbons (Fsp3) is 0.625. The van der Waals surface area contributed by atoms with Gasteiger partial charge in [0, 0.05) is 6.54 Å². The number of allylic oxidation sites excluding steroid dienone is 1. The molecule has 0 aromatic heterocycles. The van der Waals surface area contributed by atoms with E-state index in [2.05, 4.69) is 27.4 Å². The highest BCUT2D eigenvalue weighted by Crippen LogP contribution is 2.13.